The Hall–Kier alpha value is -1.56. The van der Waals surface area contributed by atoms with Crippen molar-refractivity contribution in [1.29, 1.82) is 0 Å². The van der Waals surface area contributed by atoms with Gasteiger partial charge in [-0.25, -0.2) is 0 Å². The molecule has 108 valence electrons. The molecule has 0 nitrogen and oxygen atoms in total. The first-order chi connectivity index (χ1) is 9.63. The first kappa shape index (κ1) is 16.5. The largest absolute Gasteiger partial charge is 0.0648 e. The van der Waals surface area contributed by atoms with Crippen molar-refractivity contribution in [2.45, 2.75) is 46.5 Å². The molecule has 2 aromatic carbocycles. The maximum atomic E-state index is 2.26. The Morgan fingerprint density at radius 3 is 1.70 bits per heavy atom. The van der Waals surface area contributed by atoms with Gasteiger partial charge in [0.05, 0.1) is 0 Å². The summed E-state index contributed by atoms with van der Waals surface area (Å²) < 4.78 is 0. The van der Waals surface area contributed by atoms with Crippen molar-refractivity contribution in [3.63, 3.8) is 0 Å². The van der Waals surface area contributed by atoms with Gasteiger partial charge in [-0.3, -0.25) is 0 Å². The second-order valence-corrected chi connectivity index (χ2v) is 5.80. The van der Waals surface area contributed by atoms with Crippen molar-refractivity contribution in [2.24, 2.45) is 5.92 Å². The molecule has 0 fully saturated rings. The summed E-state index contributed by atoms with van der Waals surface area (Å²) in [6.45, 7) is 8.97. The van der Waals surface area contributed by atoms with E-state index >= 15 is 0 Å². The summed E-state index contributed by atoms with van der Waals surface area (Å²) in [7, 11) is 0. The van der Waals surface area contributed by atoms with Gasteiger partial charge in [0.2, 0.25) is 0 Å². The molecule has 0 aliphatic carbocycles. The maximum Gasteiger partial charge on any atom is -0.0193 e. The van der Waals surface area contributed by atoms with Crippen LogP contribution in [0.25, 0.3) is 0 Å². The van der Waals surface area contributed by atoms with Crippen LogP contribution in [-0.2, 0) is 6.42 Å². The molecular weight excluding hydrogens is 240 g/mol. The van der Waals surface area contributed by atoms with Gasteiger partial charge in [0, 0.05) is 0 Å². The van der Waals surface area contributed by atoms with E-state index in [2.05, 4.69) is 88.4 Å². The van der Waals surface area contributed by atoms with Crippen LogP contribution in [-0.4, -0.2) is 0 Å². The zero-order valence-corrected chi connectivity index (χ0v) is 13.3. The topological polar surface area (TPSA) is 0 Å². The molecule has 0 radical (unpaired) electrons. The standard InChI is InChI=1S/2C10H14/c1-9(2)8-10-6-4-3-5-7-10;1-3-9(2)10-7-5-4-6-8-10/h3-7,9H,8H2,1-2H3;4-9H,3H2,1-2H3. The molecule has 0 aliphatic rings. The van der Waals surface area contributed by atoms with E-state index in [9.17, 15) is 0 Å². The Labute approximate surface area is 124 Å². The van der Waals surface area contributed by atoms with Crippen molar-refractivity contribution in [1.82, 2.24) is 0 Å². The number of hydrogen-bond donors (Lipinski definition) is 0. The van der Waals surface area contributed by atoms with Crippen LogP contribution >= 0.6 is 0 Å². The van der Waals surface area contributed by atoms with Gasteiger partial charge < -0.3 is 0 Å². The molecule has 0 saturated carbocycles. The normalized spacial score (nSPS) is 11.7. The molecule has 1 unspecified atom stereocenters. The Bertz CT molecular complexity index is 442. The Morgan fingerprint density at radius 1 is 0.750 bits per heavy atom. The predicted octanol–water partition coefficient (Wildman–Crippen LogP) is 6.09. The highest BCUT2D eigenvalue weighted by Gasteiger charge is 1.98. The fourth-order valence-corrected chi connectivity index (χ4v) is 2.10. The van der Waals surface area contributed by atoms with E-state index in [0.29, 0.717) is 5.92 Å². The fourth-order valence-electron chi connectivity index (χ4n) is 2.10. The van der Waals surface area contributed by atoms with Gasteiger partial charge in [-0.15, -0.1) is 0 Å². The summed E-state index contributed by atoms with van der Waals surface area (Å²) in [6, 6.07) is 21.2. The molecule has 1 atom stereocenters. The minimum absolute atomic E-state index is 0.709. The third-order valence-electron chi connectivity index (χ3n) is 3.47. The molecule has 0 N–H and O–H groups in total. The Balaban J connectivity index is 0.000000200. The molecule has 0 amide bonds. The molecule has 0 heterocycles. The average Bonchev–Trinajstić information content (AvgIpc) is 2.48. The smallest absolute Gasteiger partial charge is 0.0193 e. The summed E-state index contributed by atoms with van der Waals surface area (Å²) in [5.74, 6) is 1.48. The highest BCUT2D eigenvalue weighted by molar-refractivity contribution is 5.18. The summed E-state index contributed by atoms with van der Waals surface area (Å²) in [6.07, 6.45) is 2.42. The van der Waals surface area contributed by atoms with Crippen LogP contribution in [0.1, 0.15) is 51.2 Å². The molecule has 0 aliphatic heterocycles. The van der Waals surface area contributed by atoms with Crippen LogP contribution < -0.4 is 0 Å². The average molecular weight is 268 g/mol. The van der Waals surface area contributed by atoms with Crippen molar-refractivity contribution in [3.05, 3.63) is 71.8 Å². The lowest BCUT2D eigenvalue weighted by molar-refractivity contribution is 0.647. The fraction of sp³-hybridized carbons (Fsp3) is 0.400. The SMILES string of the molecule is CC(C)Cc1ccccc1.CCC(C)c1ccccc1. The number of hydrogen-bond acceptors (Lipinski definition) is 0. The van der Waals surface area contributed by atoms with Crippen molar-refractivity contribution in [3.8, 4) is 0 Å². The van der Waals surface area contributed by atoms with Crippen LogP contribution in [0.4, 0.5) is 0 Å². The van der Waals surface area contributed by atoms with Crippen LogP contribution in [0.5, 0.6) is 0 Å². The van der Waals surface area contributed by atoms with E-state index in [0.717, 1.165) is 5.92 Å². The Morgan fingerprint density at radius 2 is 1.25 bits per heavy atom. The van der Waals surface area contributed by atoms with Crippen LogP contribution in [0.2, 0.25) is 0 Å². The van der Waals surface area contributed by atoms with E-state index in [1.54, 1.807) is 0 Å². The van der Waals surface area contributed by atoms with E-state index in [1.165, 1.54) is 24.0 Å². The summed E-state index contributed by atoms with van der Waals surface area (Å²) >= 11 is 0. The summed E-state index contributed by atoms with van der Waals surface area (Å²) in [5, 5.41) is 0. The molecule has 0 spiro atoms. The monoisotopic (exact) mass is 268 g/mol. The molecular formula is C20H28. The molecule has 2 rings (SSSR count). The van der Waals surface area contributed by atoms with Gasteiger partial charge in [-0.1, -0.05) is 88.4 Å². The van der Waals surface area contributed by atoms with E-state index in [-0.39, 0.29) is 0 Å². The van der Waals surface area contributed by atoms with E-state index < -0.39 is 0 Å². The minimum Gasteiger partial charge on any atom is -0.0648 e. The van der Waals surface area contributed by atoms with Crippen LogP contribution in [0.3, 0.4) is 0 Å². The number of rotatable bonds is 4. The lowest BCUT2D eigenvalue weighted by atomic mass is 9.99. The summed E-state index contributed by atoms with van der Waals surface area (Å²) in [5.41, 5.74) is 2.89. The van der Waals surface area contributed by atoms with Gasteiger partial charge in [-0.05, 0) is 35.8 Å². The maximum absolute atomic E-state index is 2.26. The van der Waals surface area contributed by atoms with Crippen LogP contribution in [0.15, 0.2) is 60.7 Å². The van der Waals surface area contributed by atoms with E-state index in [4.69, 9.17) is 0 Å². The molecule has 2 aromatic rings. The predicted molar refractivity (Wildman–Crippen MR) is 90.1 cm³/mol. The highest BCUT2D eigenvalue weighted by atomic mass is 14.0. The second-order valence-electron chi connectivity index (χ2n) is 5.80. The highest BCUT2D eigenvalue weighted by Crippen LogP contribution is 2.16. The first-order valence-corrected chi connectivity index (χ1v) is 7.72. The van der Waals surface area contributed by atoms with Gasteiger partial charge in [0.15, 0.2) is 0 Å². The third kappa shape index (κ3) is 6.56. The van der Waals surface area contributed by atoms with Gasteiger partial charge in [0.1, 0.15) is 0 Å². The van der Waals surface area contributed by atoms with E-state index in [1.807, 2.05) is 0 Å². The zero-order chi connectivity index (χ0) is 14.8. The lowest BCUT2D eigenvalue weighted by Crippen LogP contribution is -1.92. The second kappa shape index (κ2) is 9.36. The third-order valence-corrected chi connectivity index (χ3v) is 3.47. The zero-order valence-electron chi connectivity index (χ0n) is 13.3. The van der Waals surface area contributed by atoms with Crippen LogP contribution in [0, 0.1) is 5.92 Å². The number of benzene rings is 2. The van der Waals surface area contributed by atoms with Crippen molar-refractivity contribution in [2.75, 3.05) is 0 Å². The molecule has 20 heavy (non-hydrogen) atoms. The molecule has 0 saturated heterocycles. The van der Waals surface area contributed by atoms with Crippen molar-refractivity contribution < 1.29 is 0 Å². The van der Waals surface area contributed by atoms with Gasteiger partial charge in [-0.2, -0.15) is 0 Å². The quantitative estimate of drug-likeness (QED) is 0.630. The molecule has 0 aromatic heterocycles. The molecule has 0 bridgehead atoms. The first-order valence-electron chi connectivity index (χ1n) is 7.72. The molecule has 0 heteroatoms. The Kier molecular flexibility index (Phi) is 7.72. The van der Waals surface area contributed by atoms with Crippen molar-refractivity contribution >= 4 is 0 Å². The van der Waals surface area contributed by atoms with Gasteiger partial charge >= 0.3 is 0 Å². The lowest BCUT2D eigenvalue weighted by Gasteiger charge is -2.06. The van der Waals surface area contributed by atoms with Gasteiger partial charge in [0.25, 0.3) is 0 Å². The summed E-state index contributed by atoms with van der Waals surface area (Å²) in [4.78, 5) is 0. The minimum atomic E-state index is 0.709.